The minimum absolute atomic E-state index is 0.279. The second-order valence-corrected chi connectivity index (χ2v) is 3.81. The van der Waals surface area contributed by atoms with Gasteiger partial charge in [0.15, 0.2) is 0 Å². The van der Waals surface area contributed by atoms with Gasteiger partial charge in [-0.1, -0.05) is 18.2 Å². The summed E-state index contributed by atoms with van der Waals surface area (Å²) in [5.41, 5.74) is 8.35. The van der Waals surface area contributed by atoms with Crippen LogP contribution < -0.4 is 5.73 Å². The van der Waals surface area contributed by atoms with Gasteiger partial charge in [-0.2, -0.15) is 5.10 Å². The van der Waals surface area contributed by atoms with Gasteiger partial charge in [0.1, 0.15) is 5.82 Å². The van der Waals surface area contributed by atoms with E-state index in [1.807, 2.05) is 14.0 Å². The van der Waals surface area contributed by atoms with Crippen molar-refractivity contribution in [1.82, 2.24) is 9.78 Å². The van der Waals surface area contributed by atoms with E-state index in [0.717, 1.165) is 11.3 Å². The molecule has 16 heavy (non-hydrogen) atoms. The van der Waals surface area contributed by atoms with Crippen molar-refractivity contribution in [2.24, 2.45) is 12.8 Å². The fourth-order valence-electron chi connectivity index (χ4n) is 1.72. The summed E-state index contributed by atoms with van der Waals surface area (Å²) < 4.78 is 15.3. The first kappa shape index (κ1) is 10.8. The van der Waals surface area contributed by atoms with Gasteiger partial charge < -0.3 is 5.73 Å². The molecular weight excluding hydrogens is 205 g/mol. The van der Waals surface area contributed by atoms with E-state index < -0.39 is 6.04 Å². The number of rotatable bonds is 2. The highest BCUT2D eigenvalue weighted by atomic mass is 19.1. The number of aromatic nitrogens is 2. The Bertz CT molecular complexity index is 505. The van der Waals surface area contributed by atoms with Gasteiger partial charge in [-0.05, 0) is 13.0 Å². The molecule has 1 aromatic carbocycles. The summed E-state index contributed by atoms with van der Waals surface area (Å²) in [7, 11) is 1.84. The minimum Gasteiger partial charge on any atom is -0.320 e. The van der Waals surface area contributed by atoms with Crippen LogP contribution in [0.25, 0.3) is 0 Å². The van der Waals surface area contributed by atoms with Crippen LogP contribution in [0.15, 0.2) is 30.5 Å². The van der Waals surface area contributed by atoms with Gasteiger partial charge >= 0.3 is 0 Å². The molecule has 1 unspecified atom stereocenters. The van der Waals surface area contributed by atoms with E-state index >= 15 is 0 Å². The van der Waals surface area contributed by atoms with Crippen LogP contribution in [0, 0.1) is 12.7 Å². The molecular formula is C12H14FN3. The lowest BCUT2D eigenvalue weighted by molar-refractivity contribution is 0.599. The van der Waals surface area contributed by atoms with Gasteiger partial charge in [0.25, 0.3) is 0 Å². The third-order valence-corrected chi connectivity index (χ3v) is 2.85. The predicted octanol–water partition coefficient (Wildman–Crippen LogP) is 1.92. The van der Waals surface area contributed by atoms with Crippen LogP contribution in [0.2, 0.25) is 0 Å². The molecule has 2 aromatic rings. The van der Waals surface area contributed by atoms with Crippen LogP contribution in [-0.4, -0.2) is 9.78 Å². The predicted molar refractivity (Wildman–Crippen MR) is 60.4 cm³/mol. The molecule has 0 saturated heterocycles. The van der Waals surface area contributed by atoms with E-state index in [9.17, 15) is 4.39 Å². The maximum Gasteiger partial charge on any atom is 0.128 e. The lowest BCUT2D eigenvalue weighted by atomic mass is 10.00. The zero-order chi connectivity index (χ0) is 11.7. The van der Waals surface area contributed by atoms with Crippen molar-refractivity contribution >= 4 is 0 Å². The van der Waals surface area contributed by atoms with Crippen molar-refractivity contribution < 1.29 is 4.39 Å². The van der Waals surface area contributed by atoms with Crippen molar-refractivity contribution in [3.8, 4) is 0 Å². The minimum atomic E-state index is -0.463. The molecule has 0 aliphatic heterocycles. The van der Waals surface area contributed by atoms with Crippen LogP contribution in [-0.2, 0) is 7.05 Å². The van der Waals surface area contributed by atoms with Gasteiger partial charge in [-0.15, -0.1) is 0 Å². The highest BCUT2D eigenvalue weighted by Gasteiger charge is 2.17. The summed E-state index contributed by atoms with van der Waals surface area (Å²) in [5.74, 6) is -0.279. The molecule has 3 nitrogen and oxygen atoms in total. The SMILES string of the molecule is Cc1c(C(N)c2ccccc2F)cnn1C. The van der Waals surface area contributed by atoms with Crippen molar-refractivity contribution in [3.05, 3.63) is 53.1 Å². The van der Waals surface area contributed by atoms with E-state index in [-0.39, 0.29) is 5.82 Å². The number of nitrogens with two attached hydrogens (primary N) is 1. The monoisotopic (exact) mass is 219 g/mol. The molecule has 0 spiro atoms. The van der Waals surface area contributed by atoms with Gasteiger partial charge in [0.2, 0.25) is 0 Å². The van der Waals surface area contributed by atoms with Crippen molar-refractivity contribution in [3.63, 3.8) is 0 Å². The lowest BCUT2D eigenvalue weighted by Crippen LogP contribution is -2.14. The molecule has 0 aliphatic carbocycles. The number of nitrogens with zero attached hydrogens (tertiary/aromatic N) is 2. The van der Waals surface area contributed by atoms with Crippen molar-refractivity contribution in [1.29, 1.82) is 0 Å². The molecule has 1 heterocycles. The molecule has 0 radical (unpaired) electrons. The number of halogens is 1. The molecule has 84 valence electrons. The Morgan fingerprint density at radius 2 is 2.00 bits per heavy atom. The van der Waals surface area contributed by atoms with Crippen molar-refractivity contribution in [2.75, 3.05) is 0 Å². The molecule has 0 aliphatic rings. The van der Waals surface area contributed by atoms with Crippen LogP contribution in [0.5, 0.6) is 0 Å². The Balaban J connectivity index is 2.43. The molecule has 0 bridgehead atoms. The molecule has 2 rings (SSSR count). The van der Waals surface area contributed by atoms with Crippen LogP contribution >= 0.6 is 0 Å². The van der Waals surface area contributed by atoms with Crippen LogP contribution in [0.1, 0.15) is 22.9 Å². The Hall–Kier alpha value is -1.68. The molecule has 4 heteroatoms. The van der Waals surface area contributed by atoms with Gasteiger partial charge in [-0.3, -0.25) is 4.68 Å². The second-order valence-electron chi connectivity index (χ2n) is 3.81. The zero-order valence-electron chi connectivity index (χ0n) is 9.31. The van der Waals surface area contributed by atoms with Gasteiger partial charge in [-0.25, -0.2) is 4.39 Å². The first-order valence-electron chi connectivity index (χ1n) is 5.09. The summed E-state index contributed by atoms with van der Waals surface area (Å²) in [6, 6.07) is 6.09. The fourth-order valence-corrected chi connectivity index (χ4v) is 1.72. The Morgan fingerprint density at radius 1 is 1.31 bits per heavy atom. The molecule has 0 amide bonds. The first-order valence-corrected chi connectivity index (χ1v) is 5.09. The summed E-state index contributed by atoms with van der Waals surface area (Å²) in [4.78, 5) is 0. The summed E-state index contributed by atoms with van der Waals surface area (Å²) in [5, 5.41) is 4.11. The zero-order valence-corrected chi connectivity index (χ0v) is 9.31. The Kier molecular flexibility index (Phi) is 2.75. The van der Waals surface area contributed by atoms with Gasteiger partial charge in [0, 0.05) is 23.9 Å². The van der Waals surface area contributed by atoms with E-state index in [1.54, 1.807) is 29.1 Å². The lowest BCUT2D eigenvalue weighted by Gasteiger charge is -2.12. The van der Waals surface area contributed by atoms with Crippen molar-refractivity contribution in [2.45, 2.75) is 13.0 Å². The topological polar surface area (TPSA) is 43.8 Å². The Labute approximate surface area is 93.7 Å². The van der Waals surface area contributed by atoms with Crippen LogP contribution in [0.4, 0.5) is 4.39 Å². The third kappa shape index (κ3) is 1.72. The summed E-state index contributed by atoms with van der Waals surface area (Å²) in [6.07, 6.45) is 1.69. The first-order chi connectivity index (χ1) is 7.61. The average Bonchev–Trinajstić information content (AvgIpc) is 2.60. The third-order valence-electron chi connectivity index (χ3n) is 2.85. The Morgan fingerprint density at radius 3 is 2.56 bits per heavy atom. The van der Waals surface area contributed by atoms with E-state index in [2.05, 4.69) is 5.10 Å². The summed E-state index contributed by atoms with van der Waals surface area (Å²) in [6.45, 7) is 1.92. The molecule has 1 atom stereocenters. The van der Waals surface area contributed by atoms with Crippen LogP contribution in [0.3, 0.4) is 0 Å². The highest BCUT2D eigenvalue weighted by molar-refractivity contribution is 5.33. The van der Waals surface area contributed by atoms with E-state index in [4.69, 9.17) is 5.73 Å². The molecule has 0 saturated carbocycles. The maximum absolute atomic E-state index is 13.6. The number of hydrogen-bond donors (Lipinski definition) is 1. The smallest absolute Gasteiger partial charge is 0.128 e. The normalized spacial score (nSPS) is 12.8. The highest BCUT2D eigenvalue weighted by Crippen LogP contribution is 2.23. The maximum atomic E-state index is 13.6. The molecule has 1 aromatic heterocycles. The standard InChI is InChI=1S/C12H14FN3/c1-8-10(7-15-16(8)2)12(14)9-5-3-4-6-11(9)13/h3-7,12H,14H2,1-2H3. The summed E-state index contributed by atoms with van der Waals surface area (Å²) >= 11 is 0. The number of hydrogen-bond acceptors (Lipinski definition) is 2. The van der Waals surface area contributed by atoms with Gasteiger partial charge in [0.05, 0.1) is 12.2 Å². The average molecular weight is 219 g/mol. The second kappa shape index (κ2) is 4.06. The quantitative estimate of drug-likeness (QED) is 0.838. The fraction of sp³-hybridized carbons (Fsp3) is 0.250. The molecule has 0 fully saturated rings. The number of benzene rings is 1. The van der Waals surface area contributed by atoms with E-state index in [0.29, 0.717) is 5.56 Å². The largest absolute Gasteiger partial charge is 0.320 e. The van der Waals surface area contributed by atoms with E-state index in [1.165, 1.54) is 6.07 Å². The molecule has 2 N–H and O–H groups in total. The number of aryl methyl sites for hydroxylation is 1.